The maximum atomic E-state index is 2.69. The van der Waals surface area contributed by atoms with Crippen LogP contribution in [-0.2, 0) is 6.42 Å². The summed E-state index contributed by atoms with van der Waals surface area (Å²) in [6, 6.07) is 5.41. The van der Waals surface area contributed by atoms with Crippen LogP contribution in [0.3, 0.4) is 0 Å². The summed E-state index contributed by atoms with van der Waals surface area (Å²) in [5.74, 6) is 0. The molecule has 1 aromatic heterocycles. The number of aryl methyl sites for hydroxylation is 2. The molecule has 1 nitrogen and oxygen atoms in total. The summed E-state index contributed by atoms with van der Waals surface area (Å²) in [6.07, 6.45) is 6.77. The molecule has 90 valence electrons. The zero-order valence-corrected chi connectivity index (χ0v) is 11.4. The second-order valence-electron chi connectivity index (χ2n) is 4.86. The van der Waals surface area contributed by atoms with Gasteiger partial charge in [0.25, 0.3) is 0 Å². The lowest BCUT2D eigenvalue weighted by Crippen LogP contribution is -2.29. The summed E-state index contributed by atoms with van der Waals surface area (Å²) < 4.78 is 0. The van der Waals surface area contributed by atoms with E-state index in [0.717, 1.165) is 6.04 Å². The third kappa shape index (κ3) is 3.08. The summed E-state index contributed by atoms with van der Waals surface area (Å²) >= 11 is 1.96. The van der Waals surface area contributed by atoms with E-state index in [4.69, 9.17) is 0 Å². The highest BCUT2D eigenvalue weighted by molar-refractivity contribution is 7.11. The topological polar surface area (TPSA) is 3.24 Å². The van der Waals surface area contributed by atoms with Crippen molar-refractivity contribution in [1.82, 2.24) is 4.90 Å². The zero-order chi connectivity index (χ0) is 11.4. The van der Waals surface area contributed by atoms with Crippen molar-refractivity contribution < 1.29 is 0 Å². The Labute approximate surface area is 103 Å². The number of rotatable bonds is 5. The summed E-state index contributed by atoms with van der Waals surface area (Å²) in [4.78, 5) is 5.70. The SMILES string of the molecule is CCC1CCCN1CCCc1ccc(C)s1. The van der Waals surface area contributed by atoms with Crippen molar-refractivity contribution in [2.75, 3.05) is 13.1 Å². The smallest absolute Gasteiger partial charge is 0.00931 e. The van der Waals surface area contributed by atoms with E-state index >= 15 is 0 Å². The number of hydrogen-bond donors (Lipinski definition) is 0. The number of nitrogens with zero attached hydrogens (tertiary/aromatic N) is 1. The van der Waals surface area contributed by atoms with Gasteiger partial charge in [-0.1, -0.05) is 6.92 Å². The first kappa shape index (κ1) is 12.1. The molecule has 0 spiro atoms. The highest BCUT2D eigenvalue weighted by atomic mass is 32.1. The van der Waals surface area contributed by atoms with E-state index in [0.29, 0.717) is 0 Å². The van der Waals surface area contributed by atoms with Crippen molar-refractivity contribution in [2.45, 2.75) is 52.0 Å². The van der Waals surface area contributed by atoms with Gasteiger partial charge >= 0.3 is 0 Å². The Bertz CT molecular complexity index is 318. The van der Waals surface area contributed by atoms with Crippen molar-refractivity contribution in [3.05, 3.63) is 21.9 Å². The average molecular weight is 237 g/mol. The molecule has 0 N–H and O–H groups in total. The predicted octanol–water partition coefficient (Wildman–Crippen LogP) is 3.86. The van der Waals surface area contributed by atoms with Crippen LogP contribution in [0.5, 0.6) is 0 Å². The molecule has 2 heterocycles. The van der Waals surface area contributed by atoms with Crippen LogP contribution in [0.25, 0.3) is 0 Å². The summed E-state index contributed by atoms with van der Waals surface area (Å²) in [7, 11) is 0. The molecule has 0 aliphatic carbocycles. The average Bonchev–Trinajstić information content (AvgIpc) is 2.87. The van der Waals surface area contributed by atoms with Gasteiger partial charge in [-0.05, 0) is 64.3 Å². The lowest BCUT2D eigenvalue weighted by molar-refractivity contribution is 0.246. The molecule has 2 heteroatoms. The van der Waals surface area contributed by atoms with Gasteiger partial charge in [-0.2, -0.15) is 0 Å². The third-order valence-corrected chi connectivity index (χ3v) is 4.70. The Morgan fingerprint density at radius 1 is 1.44 bits per heavy atom. The van der Waals surface area contributed by atoms with Gasteiger partial charge in [-0.25, -0.2) is 0 Å². The van der Waals surface area contributed by atoms with Crippen molar-refractivity contribution in [3.63, 3.8) is 0 Å². The fraction of sp³-hybridized carbons (Fsp3) is 0.714. The number of thiophene rings is 1. The van der Waals surface area contributed by atoms with E-state index in [9.17, 15) is 0 Å². The van der Waals surface area contributed by atoms with Crippen LogP contribution >= 0.6 is 11.3 Å². The fourth-order valence-corrected chi connectivity index (χ4v) is 3.66. The summed E-state index contributed by atoms with van der Waals surface area (Å²) in [5, 5.41) is 0. The van der Waals surface area contributed by atoms with Gasteiger partial charge in [0.2, 0.25) is 0 Å². The highest BCUT2D eigenvalue weighted by Crippen LogP contribution is 2.21. The molecule has 2 rings (SSSR count). The molecule has 1 atom stereocenters. The Hall–Kier alpha value is -0.340. The van der Waals surface area contributed by atoms with Crippen molar-refractivity contribution >= 4 is 11.3 Å². The summed E-state index contributed by atoms with van der Waals surface area (Å²) in [6.45, 7) is 7.16. The minimum atomic E-state index is 0.880. The van der Waals surface area contributed by atoms with Gasteiger partial charge in [0.05, 0.1) is 0 Å². The monoisotopic (exact) mass is 237 g/mol. The van der Waals surface area contributed by atoms with Gasteiger partial charge in [-0.15, -0.1) is 11.3 Å². The van der Waals surface area contributed by atoms with E-state index in [-0.39, 0.29) is 0 Å². The molecule has 1 saturated heterocycles. The molecular weight excluding hydrogens is 214 g/mol. The first-order valence-electron chi connectivity index (χ1n) is 6.59. The minimum absolute atomic E-state index is 0.880. The van der Waals surface area contributed by atoms with Gasteiger partial charge in [0.1, 0.15) is 0 Å². The maximum absolute atomic E-state index is 2.69. The molecule has 0 aromatic carbocycles. The van der Waals surface area contributed by atoms with Crippen LogP contribution in [-0.4, -0.2) is 24.0 Å². The Morgan fingerprint density at radius 3 is 3.00 bits per heavy atom. The molecule has 0 amide bonds. The lowest BCUT2D eigenvalue weighted by atomic mass is 10.1. The van der Waals surface area contributed by atoms with Crippen molar-refractivity contribution in [1.29, 1.82) is 0 Å². The third-order valence-electron chi connectivity index (χ3n) is 3.63. The highest BCUT2D eigenvalue weighted by Gasteiger charge is 2.21. The van der Waals surface area contributed by atoms with Crippen LogP contribution in [0.1, 0.15) is 42.4 Å². The Balaban J connectivity index is 1.71. The standard InChI is InChI=1S/C14H23NS/c1-3-13-6-4-10-15(13)11-5-7-14-9-8-12(2)16-14/h8-9,13H,3-7,10-11H2,1-2H3. The van der Waals surface area contributed by atoms with Crippen LogP contribution in [0, 0.1) is 6.92 Å². The molecule has 1 aliphatic rings. The van der Waals surface area contributed by atoms with Gasteiger partial charge in [0.15, 0.2) is 0 Å². The number of likely N-dealkylation sites (tertiary alicyclic amines) is 1. The van der Waals surface area contributed by atoms with E-state index in [1.807, 2.05) is 11.3 Å². The van der Waals surface area contributed by atoms with Crippen molar-refractivity contribution in [3.8, 4) is 0 Å². The first-order chi connectivity index (χ1) is 7.79. The first-order valence-corrected chi connectivity index (χ1v) is 7.40. The Morgan fingerprint density at radius 2 is 2.31 bits per heavy atom. The second kappa shape index (κ2) is 5.83. The molecule has 1 aliphatic heterocycles. The van der Waals surface area contributed by atoms with Gasteiger partial charge < -0.3 is 4.90 Å². The lowest BCUT2D eigenvalue weighted by Gasteiger charge is -2.22. The van der Waals surface area contributed by atoms with Crippen molar-refractivity contribution in [2.24, 2.45) is 0 Å². The molecule has 0 bridgehead atoms. The molecule has 1 fully saturated rings. The molecule has 1 aromatic rings. The quantitative estimate of drug-likeness (QED) is 0.751. The van der Waals surface area contributed by atoms with E-state index in [1.54, 1.807) is 4.88 Å². The fourth-order valence-electron chi connectivity index (χ4n) is 2.73. The van der Waals surface area contributed by atoms with Gasteiger partial charge in [0, 0.05) is 15.8 Å². The molecule has 0 radical (unpaired) electrons. The van der Waals surface area contributed by atoms with E-state index in [2.05, 4.69) is 30.9 Å². The minimum Gasteiger partial charge on any atom is -0.300 e. The largest absolute Gasteiger partial charge is 0.300 e. The van der Waals surface area contributed by atoms with E-state index in [1.165, 1.54) is 50.1 Å². The van der Waals surface area contributed by atoms with Crippen LogP contribution in [0.4, 0.5) is 0 Å². The molecule has 1 unspecified atom stereocenters. The summed E-state index contributed by atoms with van der Waals surface area (Å²) in [5.41, 5.74) is 0. The molecule has 16 heavy (non-hydrogen) atoms. The molecule has 0 saturated carbocycles. The van der Waals surface area contributed by atoms with Crippen LogP contribution < -0.4 is 0 Å². The normalized spacial score (nSPS) is 21.8. The zero-order valence-electron chi connectivity index (χ0n) is 10.5. The number of hydrogen-bond acceptors (Lipinski definition) is 2. The van der Waals surface area contributed by atoms with Gasteiger partial charge in [-0.3, -0.25) is 0 Å². The maximum Gasteiger partial charge on any atom is 0.00931 e. The van der Waals surface area contributed by atoms with E-state index < -0.39 is 0 Å². The van der Waals surface area contributed by atoms with Crippen LogP contribution in [0.2, 0.25) is 0 Å². The predicted molar refractivity (Wildman–Crippen MR) is 72.3 cm³/mol. The molecular formula is C14H23NS. The Kier molecular flexibility index (Phi) is 4.42. The second-order valence-corrected chi connectivity index (χ2v) is 6.23. The van der Waals surface area contributed by atoms with Crippen LogP contribution in [0.15, 0.2) is 12.1 Å².